The maximum absolute atomic E-state index is 5.77. The van der Waals surface area contributed by atoms with Gasteiger partial charge >= 0.3 is 0 Å². The van der Waals surface area contributed by atoms with Crippen molar-refractivity contribution < 1.29 is 9.47 Å². The Hall–Kier alpha value is -2.22. The van der Waals surface area contributed by atoms with Gasteiger partial charge in [0.05, 0.1) is 0 Å². The minimum absolute atomic E-state index is 0.587. The van der Waals surface area contributed by atoms with Gasteiger partial charge in [-0.05, 0) is 29.8 Å². The van der Waals surface area contributed by atoms with Crippen molar-refractivity contribution in [3.05, 3.63) is 65.7 Å². The van der Waals surface area contributed by atoms with Gasteiger partial charge in [0.1, 0.15) is 24.7 Å². The zero-order valence-electron chi connectivity index (χ0n) is 10.0. The lowest BCUT2D eigenvalue weighted by molar-refractivity contribution is 0.304. The molecule has 0 radical (unpaired) electrons. The van der Waals surface area contributed by atoms with Crippen LogP contribution in [0.4, 0.5) is 0 Å². The summed E-state index contributed by atoms with van der Waals surface area (Å²) in [6.07, 6.45) is 4.07. The van der Waals surface area contributed by atoms with Crippen LogP contribution in [0.1, 0.15) is 11.1 Å². The van der Waals surface area contributed by atoms with E-state index in [2.05, 4.69) is 18.2 Å². The predicted molar refractivity (Wildman–Crippen MR) is 71.7 cm³/mol. The number of hydrogen-bond donors (Lipinski definition) is 0. The van der Waals surface area contributed by atoms with Crippen molar-refractivity contribution in [1.82, 2.24) is 0 Å². The van der Waals surface area contributed by atoms with Crippen molar-refractivity contribution >= 4 is 6.08 Å². The first kappa shape index (κ1) is 10.9. The highest BCUT2D eigenvalue weighted by molar-refractivity contribution is 5.61. The summed E-state index contributed by atoms with van der Waals surface area (Å²) in [4.78, 5) is 0. The van der Waals surface area contributed by atoms with Gasteiger partial charge in [0, 0.05) is 5.56 Å². The first-order valence-corrected chi connectivity index (χ1v) is 6.02. The summed E-state index contributed by atoms with van der Waals surface area (Å²) < 4.78 is 11.3. The highest BCUT2D eigenvalue weighted by Gasteiger charge is 2.06. The number of benzene rings is 2. The van der Waals surface area contributed by atoms with Crippen LogP contribution in [0, 0.1) is 0 Å². The molecule has 0 N–H and O–H groups in total. The van der Waals surface area contributed by atoms with Crippen LogP contribution >= 0.6 is 0 Å². The van der Waals surface area contributed by atoms with Gasteiger partial charge in [-0.25, -0.2) is 0 Å². The maximum Gasteiger partial charge on any atom is 0.127 e. The molecule has 18 heavy (non-hydrogen) atoms. The second kappa shape index (κ2) is 4.96. The van der Waals surface area contributed by atoms with Gasteiger partial charge in [-0.15, -0.1) is 0 Å². The predicted octanol–water partition coefficient (Wildman–Crippen LogP) is 3.67. The molecule has 0 aliphatic carbocycles. The summed E-state index contributed by atoms with van der Waals surface area (Å²) in [6.45, 7) is 1.24. The lowest BCUT2D eigenvalue weighted by Crippen LogP contribution is -2.01. The van der Waals surface area contributed by atoms with Gasteiger partial charge in [-0.2, -0.15) is 0 Å². The van der Waals surface area contributed by atoms with E-state index in [0.717, 1.165) is 17.1 Å². The van der Waals surface area contributed by atoms with Crippen LogP contribution in [0.3, 0.4) is 0 Å². The fourth-order valence-corrected chi connectivity index (χ4v) is 1.93. The fraction of sp³-hybridized carbons (Fsp3) is 0.125. The van der Waals surface area contributed by atoms with Gasteiger partial charge < -0.3 is 9.47 Å². The van der Waals surface area contributed by atoms with Gasteiger partial charge in [0.25, 0.3) is 0 Å². The van der Waals surface area contributed by atoms with E-state index in [-0.39, 0.29) is 0 Å². The first-order chi connectivity index (χ1) is 8.92. The Kier molecular flexibility index (Phi) is 3.01. The summed E-state index contributed by atoms with van der Waals surface area (Å²) in [6, 6.07) is 16.1. The zero-order valence-corrected chi connectivity index (χ0v) is 10.0. The Bertz CT molecular complexity index is 559. The molecule has 0 unspecified atom stereocenters. The van der Waals surface area contributed by atoms with E-state index >= 15 is 0 Å². The van der Waals surface area contributed by atoms with Crippen LogP contribution in [0.5, 0.6) is 11.5 Å². The Morgan fingerprint density at radius 2 is 1.94 bits per heavy atom. The van der Waals surface area contributed by atoms with Crippen molar-refractivity contribution in [2.24, 2.45) is 0 Å². The molecule has 2 nitrogen and oxygen atoms in total. The molecule has 0 spiro atoms. The first-order valence-electron chi connectivity index (χ1n) is 6.02. The van der Waals surface area contributed by atoms with Gasteiger partial charge in [-0.3, -0.25) is 0 Å². The lowest BCUT2D eigenvalue weighted by atomic mass is 10.1. The van der Waals surface area contributed by atoms with E-state index in [9.17, 15) is 0 Å². The quantitative estimate of drug-likeness (QED) is 0.812. The normalized spacial score (nSPS) is 12.7. The molecule has 1 heterocycles. The molecule has 3 rings (SSSR count). The monoisotopic (exact) mass is 238 g/mol. The number of hydrogen-bond acceptors (Lipinski definition) is 2. The summed E-state index contributed by atoms with van der Waals surface area (Å²) in [5.41, 5.74) is 2.24. The molecule has 0 aromatic heterocycles. The molecule has 0 fully saturated rings. The van der Waals surface area contributed by atoms with Gasteiger partial charge in [0.15, 0.2) is 0 Å². The molecule has 2 aromatic carbocycles. The SMILES string of the molecule is C1=Cc2cc(OCc3ccccc3)ccc2OC1. The molecule has 0 amide bonds. The Morgan fingerprint density at radius 1 is 1.06 bits per heavy atom. The third kappa shape index (κ3) is 2.38. The number of fused-ring (bicyclic) bond motifs is 1. The largest absolute Gasteiger partial charge is 0.489 e. The smallest absolute Gasteiger partial charge is 0.127 e. The fourth-order valence-electron chi connectivity index (χ4n) is 1.93. The molecular formula is C16H14O2. The molecular weight excluding hydrogens is 224 g/mol. The van der Waals surface area contributed by atoms with Crippen LogP contribution in [-0.2, 0) is 6.61 Å². The lowest BCUT2D eigenvalue weighted by Gasteiger charge is -2.14. The van der Waals surface area contributed by atoms with Crippen LogP contribution in [0.15, 0.2) is 54.6 Å². The number of ether oxygens (including phenoxy) is 2. The van der Waals surface area contributed by atoms with E-state index < -0.39 is 0 Å². The Labute approximate surface area is 106 Å². The minimum Gasteiger partial charge on any atom is -0.489 e. The molecule has 2 aromatic rings. The van der Waals surface area contributed by atoms with Crippen molar-refractivity contribution in [3.8, 4) is 11.5 Å². The Morgan fingerprint density at radius 3 is 2.83 bits per heavy atom. The minimum atomic E-state index is 0.587. The molecule has 2 heteroatoms. The summed E-state index contributed by atoms with van der Waals surface area (Å²) in [5.74, 6) is 1.79. The summed E-state index contributed by atoms with van der Waals surface area (Å²) in [5, 5.41) is 0. The average Bonchev–Trinajstić information content (AvgIpc) is 2.46. The molecule has 90 valence electrons. The van der Waals surface area contributed by atoms with E-state index in [1.807, 2.05) is 42.5 Å². The van der Waals surface area contributed by atoms with Crippen LogP contribution in [0.25, 0.3) is 6.08 Å². The molecule has 1 aliphatic heterocycles. The van der Waals surface area contributed by atoms with E-state index in [4.69, 9.17) is 9.47 Å². The summed E-state index contributed by atoms with van der Waals surface area (Å²) >= 11 is 0. The van der Waals surface area contributed by atoms with Crippen LogP contribution in [0.2, 0.25) is 0 Å². The molecule has 1 aliphatic rings. The maximum atomic E-state index is 5.77. The van der Waals surface area contributed by atoms with Crippen molar-refractivity contribution in [2.75, 3.05) is 6.61 Å². The second-order valence-corrected chi connectivity index (χ2v) is 4.19. The van der Waals surface area contributed by atoms with Crippen molar-refractivity contribution in [2.45, 2.75) is 6.61 Å². The summed E-state index contributed by atoms with van der Waals surface area (Å²) in [7, 11) is 0. The van der Waals surface area contributed by atoms with Crippen LogP contribution in [-0.4, -0.2) is 6.61 Å². The van der Waals surface area contributed by atoms with E-state index in [0.29, 0.717) is 13.2 Å². The van der Waals surface area contributed by atoms with Gasteiger partial charge in [-0.1, -0.05) is 36.4 Å². The molecule has 0 bridgehead atoms. The highest BCUT2D eigenvalue weighted by Crippen LogP contribution is 2.28. The van der Waals surface area contributed by atoms with E-state index in [1.54, 1.807) is 0 Å². The molecule has 0 saturated heterocycles. The number of rotatable bonds is 3. The van der Waals surface area contributed by atoms with Crippen LogP contribution < -0.4 is 9.47 Å². The average molecular weight is 238 g/mol. The van der Waals surface area contributed by atoms with Crippen molar-refractivity contribution in [1.29, 1.82) is 0 Å². The van der Waals surface area contributed by atoms with E-state index in [1.165, 1.54) is 5.56 Å². The molecule has 0 saturated carbocycles. The van der Waals surface area contributed by atoms with Gasteiger partial charge in [0.2, 0.25) is 0 Å². The topological polar surface area (TPSA) is 18.5 Å². The molecule has 0 atom stereocenters. The third-order valence-electron chi connectivity index (χ3n) is 2.86. The highest BCUT2D eigenvalue weighted by atomic mass is 16.5. The van der Waals surface area contributed by atoms with Crippen molar-refractivity contribution in [3.63, 3.8) is 0 Å². The second-order valence-electron chi connectivity index (χ2n) is 4.19. The Balaban J connectivity index is 1.72. The zero-order chi connectivity index (χ0) is 12.2. The third-order valence-corrected chi connectivity index (χ3v) is 2.86. The standard InChI is InChI=1S/C16H14O2/c1-2-5-13(6-3-1)12-18-15-8-9-16-14(11-15)7-4-10-17-16/h1-9,11H,10,12H2.